The number of aromatic nitrogens is 4. The van der Waals surface area contributed by atoms with Crippen molar-refractivity contribution < 1.29 is 5.11 Å². The molecule has 1 saturated carbocycles. The standard InChI is InChI=1S/C22H27N7.CH4O/c1-28-22(9-12-26-28)27-21-15-17(8-11-25-21)18-10-13-29(20(24)14-18)19(23)5-3-2-4-16-6-7-16;1-2/h8-16,23-24H,2-7H2,1H3,(H,25,27);2H,1H3. The van der Waals surface area contributed by atoms with Crippen molar-refractivity contribution in [1.82, 2.24) is 19.3 Å². The second-order valence-electron chi connectivity index (χ2n) is 7.70. The van der Waals surface area contributed by atoms with Gasteiger partial charge in [0.25, 0.3) is 0 Å². The zero-order valence-electron chi connectivity index (χ0n) is 18.2. The Kier molecular flexibility index (Phi) is 7.72. The van der Waals surface area contributed by atoms with Crippen LogP contribution in [0.4, 0.5) is 11.6 Å². The number of nitrogens with one attached hydrogen (secondary N) is 3. The lowest BCUT2D eigenvalue weighted by Gasteiger charge is -2.11. The molecule has 3 heterocycles. The average molecular weight is 422 g/mol. The Morgan fingerprint density at radius 3 is 2.58 bits per heavy atom. The third kappa shape index (κ3) is 6.11. The van der Waals surface area contributed by atoms with Crippen LogP contribution in [0.5, 0.6) is 0 Å². The molecule has 1 fully saturated rings. The first kappa shape index (κ1) is 22.4. The monoisotopic (exact) mass is 421 g/mol. The van der Waals surface area contributed by atoms with E-state index in [0.29, 0.717) is 11.3 Å². The molecule has 0 bridgehead atoms. The first-order valence-electron chi connectivity index (χ1n) is 10.6. The van der Waals surface area contributed by atoms with Crippen molar-refractivity contribution in [3.8, 4) is 11.1 Å². The molecule has 0 unspecified atom stereocenters. The quantitative estimate of drug-likeness (QED) is 0.251. The Morgan fingerprint density at radius 2 is 1.90 bits per heavy atom. The SMILES string of the molecule is CO.Cn1nccc1Nc1cc(-c2ccn(C(=N)CCCCC3CC3)c(=N)c2)ccn1. The summed E-state index contributed by atoms with van der Waals surface area (Å²) in [6, 6.07) is 9.53. The molecule has 31 heavy (non-hydrogen) atoms. The Hall–Kier alpha value is -3.26. The van der Waals surface area contributed by atoms with Gasteiger partial charge in [-0.1, -0.05) is 25.7 Å². The van der Waals surface area contributed by atoms with E-state index in [4.69, 9.17) is 15.9 Å². The Morgan fingerprint density at radius 1 is 1.13 bits per heavy atom. The maximum atomic E-state index is 8.37. The van der Waals surface area contributed by atoms with Crippen LogP contribution in [0, 0.1) is 16.7 Å². The molecule has 8 nitrogen and oxygen atoms in total. The van der Waals surface area contributed by atoms with E-state index in [1.807, 2.05) is 43.6 Å². The van der Waals surface area contributed by atoms with Gasteiger partial charge in [0, 0.05) is 39.0 Å². The largest absolute Gasteiger partial charge is 0.400 e. The minimum atomic E-state index is 0.327. The molecule has 4 N–H and O–H groups in total. The van der Waals surface area contributed by atoms with Crippen molar-refractivity contribution >= 4 is 17.5 Å². The maximum absolute atomic E-state index is 8.37. The summed E-state index contributed by atoms with van der Waals surface area (Å²) in [7, 11) is 2.87. The zero-order chi connectivity index (χ0) is 22.2. The van der Waals surface area contributed by atoms with Gasteiger partial charge in [-0.25, -0.2) is 4.98 Å². The molecule has 3 aromatic heterocycles. The summed E-state index contributed by atoms with van der Waals surface area (Å²) in [5.41, 5.74) is 2.23. The summed E-state index contributed by atoms with van der Waals surface area (Å²) >= 11 is 0. The fourth-order valence-corrected chi connectivity index (χ4v) is 3.47. The van der Waals surface area contributed by atoms with Crippen molar-refractivity contribution in [1.29, 1.82) is 10.8 Å². The number of aliphatic hydroxyl groups excluding tert-OH is 1. The van der Waals surface area contributed by atoms with Crippen LogP contribution in [-0.2, 0) is 7.05 Å². The van der Waals surface area contributed by atoms with Crippen LogP contribution in [0.25, 0.3) is 11.1 Å². The Balaban J connectivity index is 0.00000132. The molecule has 1 aliphatic carbocycles. The Labute approximate surface area is 182 Å². The summed E-state index contributed by atoms with van der Waals surface area (Å²) in [5.74, 6) is 3.01. The molecule has 0 saturated heterocycles. The number of hydrogen-bond donors (Lipinski definition) is 4. The predicted octanol–water partition coefficient (Wildman–Crippen LogP) is 3.91. The number of pyridine rings is 2. The fourth-order valence-electron chi connectivity index (χ4n) is 3.47. The van der Waals surface area contributed by atoms with E-state index < -0.39 is 0 Å². The molecule has 8 heteroatoms. The first-order chi connectivity index (χ1) is 15.1. The van der Waals surface area contributed by atoms with Gasteiger partial charge < -0.3 is 10.4 Å². The molecule has 0 radical (unpaired) electrons. The molecule has 3 aromatic rings. The molecular weight excluding hydrogens is 390 g/mol. The molecule has 0 aromatic carbocycles. The second kappa shape index (κ2) is 10.7. The number of rotatable bonds is 8. The van der Waals surface area contributed by atoms with Crippen LogP contribution < -0.4 is 10.8 Å². The van der Waals surface area contributed by atoms with Crippen LogP contribution in [0.1, 0.15) is 38.5 Å². The number of aliphatic hydroxyl groups is 1. The van der Waals surface area contributed by atoms with Crippen LogP contribution in [0.2, 0.25) is 0 Å². The summed E-state index contributed by atoms with van der Waals surface area (Å²) in [6.07, 6.45) is 12.3. The minimum Gasteiger partial charge on any atom is -0.400 e. The normalized spacial score (nSPS) is 12.7. The number of anilines is 2. The van der Waals surface area contributed by atoms with Crippen molar-refractivity contribution in [2.24, 2.45) is 13.0 Å². The van der Waals surface area contributed by atoms with Crippen molar-refractivity contribution in [3.05, 3.63) is 54.4 Å². The molecule has 0 amide bonds. The highest BCUT2D eigenvalue weighted by Gasteiger charge is 2.20. The maximum Gasteiger partial charge on any atom is 0.132 e. The van der Waals surface area contributed by atoms with E-state index >= 15 is 0 Å². The highest BCUT2D eigenvalue weighted by molar-refractivity contribution is 5.81. The number of nitrogens with zero attached hydrogens (tertiary/aromatic N) is 4. The number of aryl methyl sites for hydroxylation is 1. The number of unbranched alkanes of at least 4 members (excludes halogenated alkanes) is 1. The van der Waals surface area contributed by atoms with E-state index in [-0.39, 0.29) is 0 Å². The van der Waals surface area contributed by atoms with Gasteiger partial charge in [0.2, 0.25) is 0 Å². The molecule has 4 rings (SSSR count). The lowest BCUT2D eigenvalue weighted by molar-refractivity contribution is 0.399. The summed E-state index contributed by atoms with van der Waals surface area (Å²) in [5, 5.41) is 31.1. The zero-order valence-corrected chi connectivity index (χ0v) is 18.2. The van der Waals surface area contributed by atoms with Crippen LogP contribution in [-0.4, -0.2) is 37.4 Å². The highest BCUT2D eigenvalue weighted by atomic mass is 16.2. The van der Waals surface area contributed by atoms with E-state index in [0.717, 1.165) is 48.6 Å². The van der Waals surface area contributed by atoms with Crippen LogP contribution in [0.15, 0.2) is 48.9 Å². The smallest absolute Gasteiger partial charge is 0.132 e. The van der Waals surface area contributed by atoms with Gasteiger partial charge in [-0.2, -0.15) is 5.10 Å². The van der Waals surface area contributed by atoms with E-state index in [1.54, 1.807) is 21.6 Å². The topological polar surface area (TPSA) is 116 Å². The first-order valence-corrected chi connectivity index (χ1v) is 10.6. The lowest BCUT2D eigenvalue weighted by Crippen LogP contribution is -2.25. The molecule has 0 aliphatic heterocycles. The summed E-state index contributed by atoms with van der Waals surface area (Å²) in [4.78, 5) is 4.37. The van der Waals surface area contributed by atoms with E-state index in [2.05, 4.69) is 15.4 Å². The van der Waals surface area contributed by atoms with Gasteiger partial charge in [-0.15, -0.1) is 0 Å². The third-order valence-electron chi connectivity index (χ3n) is 5.39. The summed E-state index contributed by atoms with van der Waals surface area (Å²) in [6.45, 7) is 0. The van der Waals surface area contributed by atoms with Crippen molar-refractivity contribution in [2.75, 3.05) is 12.4 Å². The third-order valence-corrected chi connectivity index (χ3v) is 5.39. The average Bonchev–Trinajstić information content (AvgIpc) is 3.53. The predicted molar refractivity (Wildman–Crippen MR) is 122 cm³/mol. The van der Waals surface area contributed by atoms with E-state index in [1.165, 1.54) is 25.7 Å². The Bertz CT molecular complexity index is 1070. The van der Waals surface area contributed by atoms with Gasteiger partial charge >= 0.3 is 0 Å². The summed E-state index contributed by atoms with van der Waals surface area (Å²) < 4.78 is 3.41. The molecular formula is C23H31N7O. The van der Waals surface area contributed by atoms with Gasteiger partial charge in [-0.3, -0.25) is 20.1 Å². The highest BCUT2D eigenvalue weighted by Crippen LogP contribution is 2.34. The van der Waals surface area contributed by atoms with Crippen LogP contribution in [0.3, 0.4) is 0 Å². The van der Waals surface area contributed by atoms with Gasteiger partial charge in [-0.05, 0) is 47.7 Å². The van der Waals surface area contributed by atoms with E-state index in [9.17, 15) is 0 Å². The molecule has 1 aliphatic rings. The molecule has 0 spiro atoms. The van der Waals surface area contributed by atoms with Crippen molar-refractivity contribution in [3.63, 3.8) is 0 Å². The fraction of sp³-hybridized carbons (Fsp3) is 0.391. The van der Waals surface area contributed by atoms with Crippen LogP contribution >= 0.6 is 0 Å². The van der Waals surface area contributed by atoms with Gasteiger partial charge in [0.05, 0.1) is 6.20 Å². The van der Waals surface area contributed by atoms with Gasteiger partial charge in [0.1, 0.15) is 23.0 Å². The molecule has 0 atom stereocenters. The minimum absolute atomic E-state index is 0.327. The van der Waals surface area contributed by atoms with Gasteiger partial charge in [0.15, 0.2) is 0 Å². The lowest BCUT2D eigenvalue weighted by atomic mass is 10.1. The van der Waals surface area contributed by atoms with Crippen molar-refractivity contribution in [2.45, 2.75) is 38.5 Å². The number of hydrogen-bond acceptors (Lipinski definition) is 6. The second-order valence-corrected chi connectivity index (χ2v) is 7.70. The molecule has 164 valence electrons.